The highest BCUT2D eigenvalue weighted by atomic mass is 14.7. The van der Waals surface area contributed by atoms with E-state index in [1.54, 1.807) is 6.21 Å². The maximum absolute atomic E-state index is 8.40. The monoisotopic (exact) mass is 138 g/mol. The van der Waals surface area contributed by atoms with Crippen molar-refractivity contribution in [2.24, 2.45) is 10.9 Å². The van der Waals surface area contributed by atoms with Crippen LogP contribution in [0.15, 0.2) is 4.99 Å². The third kappa shape index (κ3) is 5.30. The molecular formula is C8H14N2. The normalized spacial score (nSPS) is 13.3. The van der Waals surface area contributed by atoms with Crippen molar-refractivity contribution < 1.29 is 0 Å². The molecule has 2 heteroatoms. The molecular weight excluding hydrogens is 124 g/mol. The Bertz CT molecular complexity index is 133. The van der Waals surface area contributed by atoms with Crippen LogP contribution >= 0.6 is 0 Å². The van der Waals surface area contributed by atoms with Crippen molar-refractivity contribution in [1.29, 1.82) is 5.26 Å². The first kappa shape index (κ1) is 9.16. The van der Waals surface area contributed by atoms with E-state index in [2.05, 4.69) is 11.1 Å². The summed E-state index contributed by atoms with van der Waals surface area (Å²) in [6.07, 6.45) is 3.80. The van der Waals surface area contributed by atoms with E-state index in [0.717, 1.165) is 19.4 Å². The molecule has 0 N–H and O–H groups in total. The zero-order valence-electron chi connectivity index (χ0n) is 6.67. The van der Waals surface area contributed by atoms with Crippen molar-refractivity contribution >= 4 is 6.21 Å². The maximum Gasteiger partial charge on any atom is 0.0652 e. The smallest absolute Gasteiger partial charge is 0.0652 e. The second kappa shape index (κ2) is 6.28. The van der Waals surface area contributed by atoms with Gasteiger partial charge in [-0.3, -0.25) is 4.99 Å². The second-order valence-electron chi connectivity index (χ2n) is 2.34. The van der Waals surface area contributed by atoms with Crippen molar-refractivity contribution in [2.45, 2.75) is 26.7 Å². The highest BCUT2D eigenvalue weighted by Crippen LogP contribution is 2.02. The Hall–Kier alpha value is -0.840. The SMILES string of the molecule is CC=NCCCC(C)C#N. The standard InChI is InChI=1S/C8H14N2/c1-3-10-6-4-5-8(2)7-9/h3,8H,4-6H2,1-2H3. The minimum absolute atomic E-state index is 0.187. The predicted molar refractivity (Wildman–Crippen MR) is 43.0 cm³/mol. The Morgan fingerprint density at radius 1 is 1.70 bits per heavy atom. The zero-order valence-corrected chi connectivity index (χ0v) is 6.67. The summed E-state index contributed by atoms with van der Waals surface area (Å²) in [6, 6.07) is 2.19. The molecule has 0 spiro atoms. The minimum atomic E-state index is 0.187. The van der Waals surface area contributed by atoms with E-state index < -0.39 is 0 Å². The lowest BCUT2D eigenvalue weighted by molar-refractivity contribution is 0.625. The number of hydrogen-bond donors (Lipinski definition) is 0. The van der Waals surface area contributed by atoms with Gasteiger partial charge in [0, 0.05) is 12.5 Å². The Labute approximate surface area is 62.6 Å². The van der Waals surface area contributed by atoms with Crippen LogP contribution in [0.5, 0.6) is 0 Å². The van der Waals surface area contributed by atoms with Crippen LogP contribution < -0.4 is 0 Å². The number of nitriles is 1. The van der Waals surface area contributed by atoms with Crippen LogP contribution in [0, 0.1) is 17.2 Å². The molecule has 1 unspecified atom stereocenters. The molecule has 0 aromatic rings. The Morgan fingerprint density at radius 3 is 2.90 bits per heavy atom. The summed E-state index contributed by atoms with van der Waals surface area (Å²) in [4.78, 5) is 4.04. The first-order chi connectivity index (χ1) is 4.81. The van der Waals surface area contributed by atoms with Crippen molar-refractivity contribution in [3.05, 3.63) is 0 Å². The second-order valence-corrected chi connectivity index (χ2v) is 2.34. The lowest BCUT2D eigenvalue weighted by atomic mass is 10.1. The molecule has 0 saturated carbocycles. The Kier molecular flexibility index (Phi) is 5.75. The van der Waals surface area contributed by atoms with E-state index in [-0.39, 0.29) is 5.92 Å². The van der Waals surface area contributed by atoms with Crippen LogP contribution in [0.2, 0.25) is 0 Å². The van der Waals surface area contributed by atoms with Gasteiger partial charge >= 0.3 is 0 Å². The van der Waals surface area contributed by atoms with Gasteiger partial charge in [-0.15, -0.1) is 0 Å². The Balaban J connectivity index is 3.13. The van der Waals surface area contributed by atoms with Crippen LogP contribution in [-0.2, 0) is 0 Å². The van der Waals surface area contributed by atoms with Gasteiger partial charge in [-0.1, -0.05) is 0 Å². The van der Waals surface area contributed by atoms with Gasteiger partial charge in [0.15, 0.2) is 0 Å². The summed E-state index contributed by atoms with van der Waals surface area (Å²) in [7, 11) is 0. The first-order valence-corrected chi connectivity index (χ1v) is 3.65. The lowest BCUT2D eigenvalue weighted by Gasteiger charge is -1.97. The molecule has 2 nitrogen and oxygen atoms in total. The number of hydrogen-bond acceptors (Lipinski definition) is 2. The molecule has 0 aliphatic carbocycles. The molecule has 0 bridgehead atoms. The summed E-state index contributed by atoms with van der Waals surface area (Å²) in [6.45, 7) is 4.71. The molecule has 0 amide bonds. The minimum Gasteiger partial charge on any atom is -0.298 e. The fraction of sp³-hybridized carbons (Fsp3) is 0.750. The quantitative estimate of drug-likeness (QED) is 0.432. The third-order valence-electron chi connectivity index (χ3n) is 1.33. The molecule has 0 aromatic heterocycles. The van der Waals surface area contributed by atoms with E-state index >= 15 is 0 Å². The molecule has 0 aliphatic heterocycles. The van der Waals surface area contributed by atoms with Gasteiger partial charge in [0.2, 0.25) is 0 Å². The van der Waals surface area contributed by atoms with Crippen LogP contribution in [0.4, 0.5) is 0 Å². The molecule has 1 atom stereocenters. The van der Waals surface area contributed by atoms with E-state index in [1.807, 2.05) is 13.8 Å². The van der Waals surface area contributed by atoms with Gasteiger partial charge in [0.05, 0.1) is 6.07 Å². The van der Waals surface area contributed by atoms with E-state index in [0.29, 0.717) is 0 Å². The van der Waals surface area contributed by atoms with Crippen LogP contribution in [-0.4, -0.2) is 12.8 Å². The summed E-state index contributed by atoms with van der Waals surface area (Å²) in [5.41, 5.74) is 0. The molecule has 0 fully saturated rings. The zero-order chi connectivity index (χ0) is 7.82. The van der Waals surface area contributed by atoms with Gasteiger partial charge in [-0.25, -0.2) is 0 Å². The van der Waals surface area contributed by atoms with Crippen molar-refractivity contribution in [3.8, 4) is 6.07 Å². The molecule has 0 radical (unpaired) electrons. The van der Waals surface area contributed by atoms with Crippen LogP contribution in [0.25, 0.3) is 0 Å². The van der Waals surface area contributed by atoms with Gasteiger partial charge in [-0.05, 0) is 32.9 Å². The van der Waals surface area contributed by atoms with E-state index in [1.165, 1.54) is 0 Å². The van der Waals surface area contributed by atoms with Crippen molar-refractivity contribution in [2.75, 3.05) is 6.54 Å². The fourth-order valence-corrected chi connectivity index (χ4v) is 0.682. The van der Waals surface area contributed by atoms with Gasteiger partial charge in [-0.2, -0.15) is 5.26 Å². The largest absolute Gasteiger partial charge is 0.298 e. The lowest BCUT2D eigenvalue weighted by Crippen LogP contribution is -1.91. The van der Waals surface area contributed by atoms with E-state index in [9.17, 15) is 0 Å². The molecule has 0 saturated heterocycles. The summed E-state index contributed by atoms with van der Waals surface area (Å²) >= 11 is 0. The summed E-state index contributed by atoms with van der Waals surface area (Å²) < 4.78 is 0. The van der Waals surface area contributed by atoms with Gasteiger partial charge in [0.25, 0.3) is 0 Å². The third-order valence-corrected chi connectivity index (χ3v) is 1.33. The molecule has 0 aromatic carbocycles. The van der Waals surface area contributed by atoms with Crippen LogP contribution in [0.1, 0.15) is 26.7 Å². The molecule has 56 valence electrons. The predicted octanol–water partition coefficient (Wildman–Crippen LogP) is 2.02. The fourth-order valence-electron chi connectivity index (χ4n) is 0.682. The van der Waals surface area contributed by atoms with Crippen molar-refractivity contribution in [1.82, 2.24) is 0 Å². The summed E-state index contributed by atoms with van der Waals surface area (Å²) in [5, 5.41) is 8.40. The maximum atomic E-state index is 8.40. The molecule has 0 aliphatic rings. The van der Waals surface area contributed by atoms with E-state index in [4.69, 9.17) is 5.26 Å². The highest BCUT2D eigenvalue weighted by Gasteiger charge is 1.96. The van der Waals surface area contributed by atoms with Crippen molar-refractivity contribution in [3.63, 3.8) is 0 Å². The van der Waals surface area contributed by atoms with Gasteiger partial charge in [0.1, 0.15) is 0 Å². The summed E-state index contributed by atoms with van der Waals surface area (Å²) in [5.74, 6) is 0.187. The highest BCUT2D eigenvalue weighted by molar-refractivity contribution is 5.53. The van der Waals surface area contributed by atoms with Crippen LogP contribution in [0.3, 0.4) is 0 Å². The first-order valence-electron chi connectivity index (χ1n) is 3.65. The number of nitrogens with zero attached hydrogens (tertiary/aromatic N) is 2. The number of aliphatic imine (C=N–C) groups is 1. The average molecular weight is 138 g/mol. The molecule has 0 rings (SSSR count). The average Bonchev–Trinajstić information content (AvgIpc) is 1.98. The molecule has 10 heavy (non-hydrogen) atoms. The van der Waals surface area contributed by atoms with Gasteiger partial charge < -0.3 is 0 Å². The number of rotatable bonds is 4. The topological polar surface area (TPSA) is 36.1 Å². The Morgan fingerprint density at radius 2 is 2.40 bits per heavy atom. The molecule has 0 heterocycles.